The van der Waals surface area contributed by atoms with E-state index < -0.39 is 11.8 Å². The van der Waals surface area contributed by atoms with Gasteiger partial charge in [-0.05, 0) is 61.3 Å². The Morgan fingerprint density at radius 3 is 2.40 bits per heavy atom. The number of nitrogens with one attached hydrogen (secondary N) is 1. The van der Waals surface area contributed by atoms with Crippen LogP contribution >= 0.6 is 12.2 Å². The van der Waals surface area contributed by atoms with Crippen LogP contribution in [0, 0.1) is 0 Å². The lowest BCUT2D eigenvalue weighted by molar-refractivity contribution is -0.122. The summed E-state index contributed by atoms with van der Waals surface area (Å²) in [6, 6.07) is 11.3. The van der Waals surface area contributed by atoms with Crippen molar-refractivity contribution in [2.75, 3.05) is 22.9 Å². The first-order valence-corrected chi connectivity index (χ1v) is 10.8. The summed E-state index contributed by atoms with van der Waals surface area (Å²) < 4.78 is 5.94. The molecule has 30 heavy (non-hydrogen) atoms. The highest BCUT2D eigenvalue weighted by molar-refractivity contribution is 7.80. The minimum atomic E-state index is -0.515. The number of nitrogens with zero attached hydrogens (tertiary/aromatic N) is 2. The van der Waals surface area contributed by atoms with E-state index in [1.54, 1.807) is 6.07 Å². The lowest BCUT2D eigenvalue weighted by Crippen LogP contribution is -2.54. The van der Waals surface area contributed by atoms with Crippen molar-refractivity contribution in [3.05, 3.63) is 53.3 Å². The number of benzene rings is 1. The van der Waals surface area contributed by atoms with Crippen LogP contribution in [0.5, 0.6) is 0 Å². The standard InChI is InChI=1S/C23H25N3O3S/c1-2-16-7-9-17(10-8-16)26-22(28)19(21(27)24-23(26)30)15-18-11-12-20(29-18)25-13-5-3-4-6-14-25/h7-12,15H,2-6,13-14H2,1H3,(H,24,27,30). The van der Waals surface area contributed by atoms with E-state index in [1.807, 2.05) is 30.3 Å². The maximum atomic E-state index is 13.1. The molecule has 6 nitrogen and oxygen atoms in total. The lowest BCUT2D eigenvalue weighted by atomic mass is 10.1. The molecule has 4 rings (SSSR count). The Morgan fingerprint density at radius 2 is 1.73 bits per heavy atom. The summed E-state index contributed by atoms with van der Waals surface area (Å²) in [6.45, 7) is 3.98. The van der Waals surface area contributed by atoms with E-state index in [2.05, 4.69) is 17.1 Å². The van der Waals surface area contributed by atoms with Gasteiger partial charge in [0.25, 0.3) is 11.8 Å². The minimum absolute atomic E-state index is 0.0000607. The number of hydrogen-bond donors (Lipinski definition) is 1. The second-order valence-electron chi connectivity index (χ2n) is 7.56. The van der Waals surface area contributed by atoms with E-state index in [1.165, 1.54) is 23.8 Å². The molecule has 0 aliphatic carbocycles. The zero-order valence-corrected chi connectivity index (χ0v) is 17.8. The zero-order chi connectivity index (χ0) is 21.1. The Balaban J connectivity index is 1.59. The van der Waals surface area contributed by atoms with Gasteiger partial charge in [0.1, 0.15) is 11.3 Å². The van der Waals surface area contributed by atoms with Crippen LogP contribution in [0.1, 0.15) is 43.9 Å². The van der Waals surface area contributed by atoms with Crippen molar-refractivity contribution in [1.82, 2.24) is 5.32 Å². The zero-order valence-electron chi connectivity index (χ0n) is 17.0. The van der Waals surface area contributed by atoms with Gasteiger partial charge in [-0.2, -0.15) is 0 Å². The SMILES string of the molecule is CCc1ccc(N2C(=O)C(=Cc3ccc(N4CCCCCC4)o3)C(=O)NC2=S)cc1. The predicted molar refractivity (Wildman–Crippen MR) is 121 cm³/mol. The van der Waals surface area contributed by atoms with Gasteiger partial charge in [0, 0.05) is 19.2 Å². The molecule has 0 radical (unpaired) electrons. The van der Waals surface area contributed by atoms with E-state index in [4.69, 9.17) is 16.6 Å². The Morgan fingerprint density at radius 1 is 1.03 bits per heavy atom. The number of anilines is 2. The van der Waals surface area contributed by atoms with Gasteiger partial charge in [-0.3, -0.25) is 19.8 Å². The molecule has 3 heterocycles. The molecule has 0 saturated carbocycles. The van der Waals surface area contributed by atoms with Crippen molar-refractivity contribution < 1.29 is 14.0 Å². The van der Waals surface area contributed by atoms with Crippen LogP contribution in [-0.4, -0.2) is 30.0 Å². The molecule has 2 amide bonds. The van der Waals surface area contributed by atoms with Gasteiger partial charge in [0.05, 0.1) is 5.69 Å². The van der Waals surface area contributed by atoms with Crippen molar-refractivity contribution in [3.63, 3.8) is 0 Å². The Labute approximate surface area is 181 Å². The number of amides is 2. The van der Waals surface area contributed by atoms with Crippen LogP contribution in [-0.2, 0) is 16.0 Å². The molecule has 2 aliphatic heterocycles. The van der Waals surface area contributed by atoms with Gasteiger partial charge < -0.3 is 9.32 Å². The molecule has 7 heteroatoms. The number of furan rings is 1. The summed E-state index contributed by atoms with van der Waals surface area (Å²) in [4.78, 5) is 29.2. The Kier molecular flexibility index (Phi) is 5.99. The van der Waals surface area contributed by atoms with Crippen LogP contribution in [0.25, 0.3) is 6.08 Å². The molecule has 1 aromatic heterocycles. The number of carbonyl (C=O) groups excluding carboxylic acids is 2. The maximum Gasteiger partial charge on any atom is 0.270 e. The number of thiocarbonyl (C=S) groups is 1. The summed E-state index contributed by atoms with van der Waals surface area (Å²) in [7, 11) is 0. The molecule has 2 saturated heterocycles. The highest BCUT2D eigenvalue weighted by Crippen LogP contribution is 2.26. The van der Waals surface area contributed by atoms with Gasteiger partial charge >= 0.3 is 0 Å². The lowest BCUT2D eigenvalue weighted by Gasteiger charge is -2.28. The fourth-order valence-electron chi connectivity index (χ4n) is 3.80. The quantitative estimate of drug-likeness (QED) is 0.457. The van der Waals surface area contributed by atoms with Crippen molar-refractivity contribution in [2.24, 2.45) is 0 Å². The predicted octanol–water partition coefficient (Wildman–Crippen LogP) is 4.05. The number of carbonyl (C=O) groups is 2. The number of aryl methyl sites for hydroxylation is 1. The molecule has 0 atom stereocenters. The highest BCUT2D eigenvalue weighted by atomic mass is 32.1. The van der Waals surface area contributed by atoms with E-state index in [9.17, 15) is 9.59 Å². The van der Waals surface area contributed by atoms with Crippen LogP contribution in [0.2, 0.25) is 0 Å². The third-order valence-electron chi connectivity index (χ3n) is 5.52. The third-order valence-corrected chi connectivity index (χ3v) is 5.81. The molecule has 1 N–H and O–H groups in total. The molecule has 0 spiro atoms. The summed E-state index contributed by atoms with van der Waals surface area (Å²) >= 11 is 5.26. The monoisotopic (exact) mass is 423 g/mol. The van der Waals surface area contributed by atoms with Crippen LogP contribution in [0.3, 0.4) is 0 Å². The Hall–Kier alpha value is -2.93. The van der Waals surface area contributed by atoms with Crippen molar-refractivity contribution in [3.8, 4) is 0 Å². The van der Waals surface area contributed by atoms with Gasteiger partial charge in [0.2, 0.25) is 0 Å². The largest absolute Gasteiger partial charge is 0.441 e. The summed E-state index contributed by atoms with van der Waals surface area (Å²) in [5, 5.41) is 2.69. The molecular formula is C23H25N3O3S. The molecule has 156 valence electrons. The number of rotatable bonds is 4. The third kappa shape index (κ3) is 4.16. The van der Waals surface area contributed by atoms with E-state index in [0.29, 0.717) is 11.4 Å². The highest BCUT2D eigenvalue weighted by Gasteiger charge is 2.34. The summed E-state index contributed by atoms with van der Waals surface area (Å²) in [5.41, 5.74) is 1.78. The van der Waals surface area contributed by atoms with Gasteiger partial charge in [-0.15, -0.1) is 0 Å². The van der Waals surface area contributed by atoms with Crippen molar-refractivity contribution >= 4 is 46.8 Å². The van der Waals surface area contributed by atoms with E-state index in [0.717, 1.165) is 43.8 Å². The van der Waals surface area contributed by atoms with Crippen LogP contribution in [0.4, 0.5) is 11.6 Å². The fourth-order valence-corrected chi connectivity index (χ4v) is 4.08. The maximum absolute atomic E-state index is 13.1. The molecule has 2 aliphatic rings. The minimum Gasteiger partial charge on any atom is -0.441 e. The fraction of sp³-hybridized carbons (Fsp3) is 0.348. The smallest absolute Gasteiger partial charge is 0.270 e. The summed E-state index contributed by atoms with van der Waals surface area (Å²) in [6.07, 6.45) is 7.14. The van der Waals surface area contributed by atoms with Crippen LogP contribution < -0.4 is 15.1 Å². The van der Waals surface area contributed by atoms with Crippen LogP contribution in [0.15, 0.2) is 46.4 Å². The second-order valence-corrected chi connectivity index (χ2v) is 7.94. The van der Waals surface area contributed by atoms with E-state index >= 15 is 0 Å². The second kappa shape index (κ2) is 8.83. The molecule has 0 bridgehead atoms. The van der Waals surface area contributed by atoms with Crippen molar-refractivity contribution in [2.45, 2.75) is 39.0 Å². The normalized spacial score (nSPS) is 19.2. The first kappa shape index (κ1) is 20.3. The van der Waals surface area contributed by atoms with Gasteiger partial charge in [-0.1, -0.05) is 31.9 Å². The molecule has 1 aromatic carbocycles. The first-order valence-electron chi connectivity index (χ1n) is 10.4. The molecule has 2 aromatic rings. The number of hydrogen-bond acceptors (Lipinski definition) is 5. The molecular weight excluding hydrogens is 398 g/mol. The average Bonchev–Trinajstić information content (AvgIpc) is 3.04. The van der Waals surface area contributed by atoms with Crippen molar-refractivity contribution in [1.29, 1.82) is 0 Å². The van der Waals surface area contributed by atoms with E-state index in [-0.39, 0.29) is 10.7 Å². The van der Waals surface area contributed by atoms with Gasteiger partial charge in [-0.25, -0.2) is 0 Å². The average molecular weight is 424 g/mol. The first-order chi connectivity index (χ1) is 14.6. The molecule has 0 unspecified atom stereocenters. The summed E-state index contributed by atoms with van der Waals surface area (Å²) in [5.74, 6) is 0.275. The topological polar surface area (TPSA) is 65.8 Å². The molecule has 2 fully saturated rings. The Bertz CT molecular complexity index is 985. The van der Waals surface area contributed by atoms with Gasteiger partial charge in [0.15, 0.2) is 11.0 Å².